The lowest BCUT2D eigenvalue weighted by molar-refractivity contribution is 0.269. The van der Waals surface area contributed by atoms with Crippen LogP contribution in [0.1, 0.15) is 11.3 Å². The Morgan fingerprint density at radius 1 is 1.25 bits per heavy atom. The Hall–Kier alpha value is -2.23. The number of benzene rings is 1. The molecule has 2 rings (SSSR count). The topological polar surface area (TPSA) is 55.0 Å². The Kier molecular flexibility index (Phi) is 3.23. The third-order valence-electron chi connectivity index (χ3n) is 2.07. The van der Waals surface area contributed by atoms with Gasteiger partial charge in [-0.05, 0) is 24.3 Å². The highest BCUT2D eigenvalue weighted by Crippen LogP contribution is 2.17. The van der Waals surface area contributed by atoms with E-state index in [0.29, 0.717) is 12.4 Å². The summed E-state index contributed by atoms with van der Waals surface area (Å²) in [7, 11) is 0. The fourth-order valence-corrected chi connectivity index (χ4v) is 1.32. The average molecular weight is 217 g/mol. The first kappa shape index (κ1) is 10.3. The SMILES string of the molecule is O/N=C/c1ccccc1OCc1ccco1. The van der Waals surface area contributed by atoms with Crippen molar-refractivity contribution < 1.29 is 14.4 Å². The minimum Gasteiger partial charge on any atom is -0.485 e. The van der Waals surface area contributed by atoms with E-state index in [1.165, 1.54) is 6.21 Å². The summed E-state index contributed by atoms with van der Waals surface area (Å²) in [5.74, 6) is 1.40. The lowest BCUT2D eigenvalue weighted by atomic mass is 10.2. The number of furan rings is 1. The minimum absolute atomic E-state index is 0.350. The van der Waals surface area contributed by atoms with E-state index in [9.17, 15) is 0 Å². The number of ether oxygens (including phenoxy) is 1. The highest BCUT2D eigenvalue weighted by molar-refractivity contribution is 5.82. The molecule has 82 valence electrons. The van der Waals surface area contributed by atoms with E-state index >= 15 is 0 Å². The summed E-state index contributed by atoms with van der Waals surface area (Å²) in [6, 6.07) is 10.9. The zero-order chi connectivity index (χ0) is 11.2. The predicted octanol–water partition coefficient (Wildman–Crippen LogP) is 2.67. The second-order valence-corrected chi connectivity index (χ2v) is 3.15. The molecule has 1 N–H and O–H groups in total. The first-order valence-corrected chi connectivity index (χ1v) is 4.82. The van der Waals surface area contributed by atoms with E-state index in [1.54, 1.807) is 24.5 Å². The van der Waals surface area contributed by atoms with Crippen LogP contribution >= 0.6 is 0 Å². The van der Waals surface area contributed by atoms with Gasteiger partial charge < -0.3 is 14.4 Å². The molecule has 0 saturated carbocycles. The molecule has 4 nitrogen and oxygen atoms in total. The maximum absolute atomic E-state index is 8.49. The van der Waals surface area contributed by atoms with Gasteiger partial charge in [0, 0.05) is 5.56 Å². The molecule has 1 aromatic carbocycles. The maximum Gasteiger partial charge on any atom is 0.146 e. The Morgan fingerprint density at radius 2 is 2.12 bits per heavy atom. The number of nitrogens with zero attached hydrogens (tertiary/aromatic N) is 1. The highest BCUT2D eigenvalue weighted by Gasteiger charge is 2.02. The van der Waals surface area contributed by atoms with E-state index in [4.69, 9.17) is 14.4 Å². The van der Waals surface area contributed by atoms with E-state index in [1.807, 2.05) is 18.2 Å². The van der Waals surface area contributed by atoms with Gasteiger partial charge in [0.25, 0.3) is 0 Å². The molecule has 0 fully saturated rings. The molecule has 1 heterocycles. The number of para-hydroxylation sites is 1. The second-order valence-electron chi connectivity index (χ2n) is 3.15. The Labute approximate surface area is 92.8 Å². The van der Waals surface area contributed by atoms with Crippen molar-refractivity contribution in [1.29, 1.82) is 0 Å². The highest BCUT2D eigenvalue weighted by atomic mass is 16.5. The van der Waals surface area contributed by atoms with Gasteiger partial charge >= 0.3 is 0 Å². The minimum atomic E-state index is 0.350. The average Bonchev–Trinajstić information content (AvgIpc) is 2.81. The number of hydrogen-bond donors (Lipinski definition) is 1. The van der Waals surface area contributed by atoms with Crippen molar-refractivity contribution >= 4 is 6.21 Å². The van der Waals surface area contributed by atoms with Gasteiger partial charge in [0.2, 0.25) is 0 Å². The fourth-order valence-electron chi connectivity index (χ4n) is 1.32. The largest absolute Gasteiger partial charge is 0.485 e. The Morgan fingerprint density at radius 3 is 2.88 bits per heavy atom. The van der Waals surface area contributed by atoms with E-state index in [-0.39, 0.29) is 0 Å². The number of hydrogen-bond acceptors (Lipinski definition) is 4. The molecular formula is C12H11NO3. The van der Waals surface area contributed by atoms with Gasteiger partial charge in [0.15, 0.2) is 0 Å². The van der Waals surface area contributed by atoms with Crippen LogP contribution in [0.15, 0.2) is 52.2 Å². The van der Waals surface area contributed by atoms with Crippen molar-refractivity contribution in [2.45, 2.75) is 6.61 Å². The molecule has 4 heteroatoms. The van der Waals surface area contributed by atoms with Crippen LogP contribution < -0.4 is 4.74 Å². The fraction of sp³-hybridized carbons (Fsp3) is 0.0833. The summed E-state index contributed by atoms with van der Waals surface area (Å²) >= 11 is 0. The molecule has 0 aliphatic rings. The Bertz CT molecular complexity index is 463. The molecule has 0 spiro atoms. The van der Waals surface area contributed by atoms with Crippen LogP contribution in [0.25, 0.3) is 0 Å². The van der Waals surface area contributed by atoms with Crippen molar-refractivity contribution in [3.8, 4) is 5.75 Å². The van der Waals surface area contributed by atoms with E-state index < -0.39 is 0 Å². The van der Waals surface area contributed by atoms with Crippen molar-refractivity contribution in [3.63, 3.8) is 0 Å². The molecule has 0 aliphatic carbocycles. The lowest BCUT2D eigenvalue weighted by Gasteiger charge is -2.06. The Balaban J connectivity index is 2.09. The molecule has 1 aromatic heterocycles. The monoisotopic (exact) mass is 217 g/mol. The molecular weight excluding hydrogens is 206 g/mol. The van der Waals surface area contributed by atoms with Crippen LogP contribution in [0, 0.1) is 0 Å². The van der Waals surface area contributed by atoms with Crippen LogP contribution in [0.5, 0.6) is 5.75 Å². The predicted molar refractivity (Wildman–Crippen MR) is 58.9 cm³/mol. The lowest BCUT2D eigenvalue weighted by Crippen LogP contribution is -1.97. The van der Waals surface area contributed by atoms with Crippen LogP contribution in [-0.2, 0) is 6.61 Å². The number of rotatable bonds is 4. The van der Waals surface area contributed by atoms with Gasteiger partial charge in [-0.2, -0.15) is 0 Å². The smallest absolute Gasteiger partial charge is 0.146 e. The van der Waals surface area contributed by atoms with Crippen LogP contribution in [-0.4, -0.2) is 11.4 Å². The van der Waals surface area contributed by atoms with Crippen molar-refractivity contribution in [1.82, 2.24) is 0 Å². The summed E-state index contributed by atoms with van der Waals surface area (Å²) in [5.41, 5.74) is 0.719. The van der Waals surface area contributed by atoms with Crippen LogP contribution in [0.2, 0.25) is 0 Å². The normalized spacial score (nSPS) is 10.8. The maximum atomic E-state index is 8.49. The standard InChI is InChI=1S/C12H11NO3/c14-13-8-10-4-1-2-6-12(10)16-9-11-5-3-7-15-11/h1-8,14H,9H2/b13-8+. The molecule has 0 unspecified atom stereocenters. The van der Waals surface area contributed by atoms with E-state index in [0.717, 1.165) is 11.3 Å². The summed E-state index contributed by atoms with van der Waals surface area (Å²) in [5, 5.41) is 11.5. The third kappa shape index (κ3) is 2.42. The quantitative estimate of drug-likeness (QED) is 0.486. The molecule has 0 saturated heterocycles. The van der Waals surface area contributed by atoms with Crippen LogP contribution in [0.3, 0.4) is 0 Å². The summed E-state index contributed by atoms with van der Waals surface area (Å²) in [6.45, 7) is 0.350. The van der Waals surface area contributed by atoms with Gasteiger partial charge in [-0.15, -0.1) is 0 Å². The first-order valence-electron chi connectivity index (χ1n) is 4.82. The zero-order valence-electron chi connectivity index (χ0n) is 8.54. The summed E-state index contributed by atoms with van der Waals surface area (Å²) in [6.07, 6.45) is 2.93. The molecule has 0 aliphatic heterocycles. The molecule has 0 atom stereocenters. The molecule has 2 aromatic rings. The van der Waals surface area contributed by atoms with Crippen molar-refractivity contribution in [2.75, 3.05) is 0 Å². The number of oxime groups is 1. The third-order valence-corrected chi connectivity index (χ3v) is 2.07. The van der Waals surface area contributed by atoms with E-state index in [2.05, 4.69) is 5.16 Å². The van der Waals surface area contributed by atoms with Gasteiger partial charge in [-0.25, -0.2) is 0 Å². The van der Waals surface area contributed by atoms with Gasteiger partial charge in [-0.3, -0.25) is 0 Å². The summed E-state index contributed by atoms with van der Waals surface area (Å²) in [4.78, 5) is 0. The molecule has 0 radical (unpaired) electrons. The first-order chi connectivity index (χ1) is 7.90. The van der Waals surface area contributed by atoms with Gasteiger partial charge in [0.05, 0.1) is 12.5 Å². The van der Waals surface area contributed by atoms with Crippen molar-refractivity contribution in [2.24, 2.45) is 5.16 Å². The van der Waals surface area contributed by atoms with Crippen LogP contribution in [0.4, 0.5) is 0 Å². The second kappa shape index (κ2) is 5.02. The molecule has 0 bridgehead atoms. The van der Waals surface area contributed by atoms with Crippen molar-refractivity contribution in [3.05, 3.63) is 54.0 Å². The molecule has 16 heavy (non-hydrogen) atoms. The molecule has 0 amide bonds. The summed E-state index contributed by atoms with van der Waals surface area (Å²) < 4.78 is 10.7. The van der Waals surface area contributed by atoms with Gasteiger partial charge in [-0.1, -0.05) is 17.3 Å². The zero-order valence-corrected chi connectivity index (χ0v) is 8.54. The van der Waals surface area contributed by atoms with Gasteiger partial charge in [0.1, 0.15) is 18.1 Å².